The van der Waals surface area contributed by atoms with Gasteiger partial charge in [-0.3, -0.25) is 0 Å². The number of anilines is 1. The molecule has 1 aromatic heterocycles. The quantitative estimate of drug-likeness (QED) is 0.719. The lowest BCUT2D eigenvalue weighted by Crippen LogP contribution is -2.53. The highest BCUT2D eigenvalue weighted by Crippen LogP contribution is 2.30. The van der Waals surface area contributed by atoms with Gasteiger partial charge in [-0.1, -0.05) is 12.8 Å². The smallest absolute Gasteiger partial charge is 0.225 e. The van der Waals surface area contributed by atoms with E-state index in [1.807, 2.05) is 18.5 Å². The predicted molar refractivity (Wildman–Crippen MR) is 61.4 cm³/mol. The molecule has 0 N–H and O–H groups in total. The Bertz CT molecular complexity index is 341. The Labute approximate surface area is 95.7 Å². The molecule has 4 nitrogen and oxygen atoms in total. The number of hydrogen-bond acceptors (Lipinski definition) is 4. The van der Waals surface area contributed by atoms with Gasteiger partial charge in [0.25, 0.3) is 0 Å². The monoisotopic (exact) mass is 219 g/mol. The third-order valence-corrected chi connectivity index (χ3v) is 3.54. The Hall–Kier alpha value is -1.16. The predicted octanol–water partition coefficient (Wildman–Crippen LogP) is 1.62. The van der Waals surface area contributed by atoms with Crippen molar-refractivity contribution >= 4 is 5.95 Å². The van der Waals surface area contributed by atoms with Crippen LogP contribution >= 0.6 is 0 Å². The molecule has 3 rings (SSSR count). The molecular weight excluding hydrogens is 202 g/mol. The summed E-state index contributed by atoms with van der Waals surface area (Å²) in [7, 11) is 0. The molecule has 86 valence electrons. The number of nitrogens with zero attached hydrogens (tertiary/aromatic N) is 3. The van der Waals surface area contributed by atoms with Gasteiger partial charge in [0.15, 0.2) is 0 Å². The molecule has 1 saturated carbocycles. The molecule has 16 heavy (non-hydrogen) atoms. The summed E-state index contributed by atoms with van der Waals surface area (Å²) in [4.78, 5) is 11.0. The van der Waals surface area contributed by atoms with Gasteiger partial charge >= 0.3 is 0 Å². The Morgan fingerprint density at radius 1 is 1.19 bits per heavy atom. The highest BCUT2D eigenvalue weighted by Gasteiger charge is 2.35. The molecule has 2 atom stereocenters. The van der Waals surface area contributed by atoms with Crippen molar-refractivity contribution < 1.29 is 4.74 Å². The SMILES string of the molecule is c1cnc(N2CCO[C@@H]3CCCC[C@H]32)nc1. The summed E-state index contributed by atoms with van der Waals surface area (Å²) >= 11 is 0. The van der Waals surface area contributed by atoms with Crippen molar-refractivity contribution in [2.75, 3.05) is 18.1 Å². The highest BCUT2D eigenvalue weighted by atomic mass is 16.5. The summed E-state index contributed by atoms with van der Waals surface area (Å²) in [6.07, 6.45) is 9.02. The number of rotatable bonds is 1. The van der Waals surface area contributed by atoms with Gasteiger partial charge < -0.3 is 9.64 Å². The fourth-order valence-corrected chi connectivity index (χ4v) is 2.78. The van der Waals surface area contributed by atoms with Crippen molar-refractivity contribution in [1.82, 2.24) is 9.97 Å². The van der Waals surface area contributed by atoms with Crippen LogP contribution in [0.15, 0.2) is 18.5 Å². The molecule has 1 saturated heterocycles. The van der Waals surface area contributed by atoms with Gasteiger partial charge in [-0.15, -0.1) is 0 Å². The first-order valence-electron chi connectivity index (χ1n) is 6.10. The van der Waals surface area contributed by atoms with Crippen LogP contribution in [0, 0.1) is 0 Å². The van der Waals surface area contributed by atoms with Crippen molar-refractivity contribution in [2.24, 2.45) is 0 Å². The minimum Gasteiger partial charge on any atom is -0.374 e. The fraction of sp³-hybridized carbons (Fsp3) is 0.667. The third kappa shape index (κ3) is 1.78. The van der Waals surface area contributed by atoms with Crippen LogP contribution in [0.4, 0.5) is 5.95 Å². The van der Waals surface area contributed by atoms with Crippen molar-refractivity contribution in [3.05, 3.63) is 18.5 Å². The summed E-state index contributed by atoms with van der Waals surface area (Å²) < 4.78 is 5.84. The molecule has 1 aliphatic carbocycles. The largest absolute Gasteiger partial charge is 0.374 e. The number of aromatic nitrogens is 2. The lowest BCUT2D eigenvalue weighted by Gasteiger charge is -2.43. The van der Waals surface area contributed by atoms with Gasteiger partial charge in [-0.05, 0) is 18.9 Å². The van der Waals surface area contributed by atoms with E-state index in [1.165, 1.54) is 25.7 Å². The number of hydrogen-bond donors (Lipinski definition) is 0. The van der Waals surface area contributed by atoms with Gasteiger partial charge in [-0.2, -0.15) is 0 Å². The van der Waals surface area contributed by atoms with Gasteiger partial charge in [0, 0.05) is 18.9 Å². The maximum atomic E-state index is 5.84. The first-order chi connectivity index (χ1) is 7.95. The average Bonchev–Trinajstić information content (AvgIpc) is 2.39. The average molecular weight is 219 g/mol. The molecule has 0 amide bonds. The van der Waals surface area contributed by atoms with E-state index in [1.54, 1.807) is 0 Å². The Kier molecular flexibility index (Phi) is 2.74. The van der Waals surface area contributed by atoms with Crippen LogP contribution in [0.1, 0.15) is 25.7 Å². The summed E-state index contributed by atoms with van der Waals surface area (Å²) in [5, 5.41) is 0. The molecular formula is C12H17N3O. The van der Waals surface area contributed by atoms with E-state index in [4.69, 9.17) is 4.74 Å². The second-order valence-corrected chi connectivity index (χ2v) is 4.50. The normalized spacial score (nSPS) is 29.9. The van der Waals surface area contributed by atoms with Crippen LogP contribution in [0.5, 0.6) is 0 Å². The summed E-state index contributed by atoms with van der Waals surface area (Å²) in [5.74, 6) is 0.864. The zero-order chi connectivity index (χ0) is 10.8. The lowest BCUT2D eigenvalue weighted by molar-refractivity contribution is -0.00932. The third-order valence-electron chi connectivity index (χ3n) is 3.54. The summed E-state index contributed by atoms with van der Waals surface area (Å²) in [6, 6.07) is 2.35. The molecule has 1 aromatic rings. The minimum atomic E-state index is 0.395. The summed E-state index contributed by atoms with van der Waals surface area (Å²) in [5.41, 5.74) is 0. The second-order valence-electron chi connectivity index (χ2n) is 4.50. The Morgan fingerprint density at radius 2 is 2.00 bits per heavy atom. The highest BCUT2D eigenvalue weighted by molar-refractivity contribution is 5.32. The van der Waals surface area contributed by atoms with Gasteiger partial charge in [0.05, 0.1) is 18.8 Å². The molecule has 0 radical (unpaired) electrons. The standard InChI is InChI=1S/C12H17N3O/c1-2-5-11-10(4-1)15(8-9-16-11)12-13-6-3-7-14-12/h3,6-7,10-11H,1-2,4-5,8-9H2/t10-,11-/m1/s1. The van der Waals surface area contributed by atoms with E-state index in [0.717, 1.165) is 19.1 Å². The number of morpholine rings is 1. The van der Waals surface area contributed by atoms with Crippen LogP contribution < -0.4 is 4.90 Å². The van der Waals surface area contributed by atoms with Gasteiger partial charge in [-0.25, -0.2) is 9.97 Å². The van der Waals surface area contributed by atoms with Crippen LogP contribution in [0.25, 0.3) is 0 Å². The molecule has 4 heteroatoms. The number of ether oxygens (including phenoxy) is 1. The first kappa shape index (κ1) is 10.0. The molecule has 2 heterocycles. The van der Waals surface area contributed by atoms with Crippen molar-refractivity contribution in [3.8, 4) is 0 Å². The van der Waals surface area contributed by atoms with Crippen LogP contribution in [0.3, 0.4) is 0 Å². The molecule has 1 aliphatic heterocycles. The molecule has 0 unspecified atom stereocenters. The van der Waals surface area contributed by atoms with E-state index in [0.29, 0.717) is 12.1 Å². The zero-order valence-corrected chi connectivity index (χ0v) is 9.38. The van der Waals surface area contributed by atoms with E-state index in [2.05, 4.69) is 14.9 Å². The Balaban J connectivity index is 1.83. The summed E-state index contributed by atoms with van der Waals surface area (Å²) in [6.45, 7) is 1.73. The van der Waals surface area contributed by atoms with E-state index < -0.39 is 0 Å². The topological polar surface area (TPSA) is 38.2 Å². The van der Waals surface area contributed by atoms with Gasteiger partial charge in [0.2, 0.25) is 5.95 Å². The Morgan fingerprint density at radius 3 is 2.88 bits per heavy atom. The molecule has 0 spiro atoms. The molecule has 2 fully saturated rings. The van der Waals surface area contributed by atoms with Crippen LogP contribution in [0.2, 0.25) is 0 Å². The van der Waals surface area contributed by atoms with E-state index in [-0.39, 0.29) is 0 Å². The van der Waals surface area contributed by atoms with E-state index >= 15 is 0 Å². The number of fused-ring (bicyclic) bond motifs is 1. The maximum absolute atomic E-state index is 5.84. The fourth-order valence-electron chi connectivity index (χ4n) is 2.78. The van der Waals surface area contributed by atoms with Crippen molar-refractivity contribution in [1.29, 1.82) is 0 Å². The second kappa shape index (κ2) is 4.37. The maximum Gasteiger partial charge on any atom is 0.225 e. The van der Waals surface area contributed by atoms with Crippen molar-refractivity contribution in [2.45, 2.75) is 37.8 Å². The first-order valence-corrected chi connectivity index (χ1v) is 6.10. The zero-order valence-electron chi connectivity index (χ0n) is 9.38. The minimum absolute atomic E-state index is 0.395. The van der Waals surface area contributed by atoms with Crippen LogP contribution in [-0.2, 0) is 4.74 Å². The lowest BCUT2D eigenvalue weighted by atomic mass is 9.90. The van der Waals surface area contributed by atoms with E-state index in [9.17, 15) is 0 Å². The molecule has 0 bridgehead atoms. The molecule has 0 aromatic carbocycles. The van der Waals surface area contributed by atoms with Crippen LogP contribution in [-0.4, -0.2) is 35.3 Å². The van der Waals surface area contributed by atoms with Gasteiger partial charge in [0.1, 0.15) is 0 Å². The van der Waals surface area contributed by atoms with Crippen molar-refractivity contribution in [3.63, 3.8) is 0 Å². The molecule has 2 aliphatic rings.